The van der Waals surface area contributed by atoms with Crippen LogP contribution in [0.5, 0.6) is 5.75 Å². The lowest BCUT2D eigenvalue weighted by Gasteiger charge is -2.15. The Morgan fingerprint density at radius 2 is 2.08 bits per heavy atom. The first-order valence-corrected chi connectivity index (χ1v) is 8.61. The van der Waals surface area contributed by atoms with Gasteiger partial charge in [0, 0.05) is 43.4 Å². The molecule has 0 aliphatic rings. The Balaban J connectivity index is 2.46. The van der Waals surface area contributed by atoms with Crippen LogP contribution in [0.1, 0.15) is 25.3 Å². The second kappa shape index (κ2) is 12.0. The lowest BCUT2D eigenvalue weighted by molar-refractivity contribution is -0.0504. The minimum atomic E-state index is -2.85. The summed E-state index contributed by atoms with van der Waals surface area (Å²) < 4.78 is 35.5. The van der Waals surface area contributed by atoms with E-state index in [4.69, 9.17) is 4.74 Å². The van der Waals surface area contributed by atoms with E-state index in [1.165, 1.54) is 6.07 Å². The summed E-state index contributed by atoms with van der Waals surface area (Å²) >= 11 is 3.33. The van der Waals surface area contributed by atoms with E-state index in [-0.39, 0.29) is 5.75 Å². The molecule has 2 N–H and O–H groups in total. The van der Waals surface area contributed by atoms with Crippen molar-refractivity contribution in [2.45, 2.75) is 32.9 Å². The Morgan fingerprint density at radius 3 is 2.75 bits per heavy atom. The summed E-state index contributed by atoms with van der Waals surface area (Å²) in [5.74, 6) is 0.752. The summed E-state index contributed by atoms with van der Waals surface area (Å²) in [6.45, 7) is 1.67. The molecule has 0 saturated heterocycles. The summed E-state index contributed by atoms with van der Waals surface area (Å²) in [4.78, 5) is 4.11. The Morgan fingerprint density at radius 1 is 1.29 bits per heavy atom. The van der Waals surface area contributed by atoms with Gasteiger partial charge in [-0.25, -0.2) is 0 Å². The number of hydrogen-bond donors (Lipinski definition) is 2. The van der Waals surface area contributed by atoms with Gasteiger partial charge in [0.25, 0.3) is 0 Å². The standard InChI is InChI=1S/C16H24BrF2N3O2/c1-3-23-9-5-4-8-21-16(20-2)22-11-12-10-13(17)6-7-14(12)24-15(18)19/h6-7,10,15H,3-5,8-9,11H2,1-2H3,(H2,20,21,22). The van der Waals surface area contributed by atoms with Gasteiger partial charge in [0.15, 0.2) is 5.96 Å². The first-order chi connectivity index (χ1) is 11.6. The van der Waals surface area contributed by atoms with E-state index in [1.807, 2.05) is 6.92 Å². The number of hydrogen-bond acceptors (Lipinski definition) is 3. The van der Waals surface area contributed by atoms with Crippen LogP contribution in [0.25, 0.3) is 0 Å². The van der Waals surface area contributed by atoms with Crippen molar-refractivity contribution in [3.8, 4) is 5.75 Å². The summed E-state index contributed by atoms with van der Waals surface area (Å²) in [5, 5.41) is 6.26. The molecule has 1 rings (SSSR count). The van der Waals surface area contributed by atoms with Crippen LogP contribution in [-0.2, 0) is 11.3 Å². The molecule has 0 unspecified atom stereocenters. The zero-order valence-electron chi connectivity index (χ0n) is 13.9. The van der Waals surface area contributed by atoms with Gasteiger partial charge in [-0.15, -0.1) is 0 Å². The number of alkyl halides is 2. The van der Waals surface area contributed by atoms with Crippen molar-refractivity contribution in [3.05, 3.63) is 28.2 Å². The van der Waals surface area contributed by atoms with E-state index in [1.54, 1.807) is 19.2 Å². The number of halogens is 3. The van der Waals surface area contributed by atoms with Gasteiger partial charge < -0.3 is 20.1 Å². The van der Waals surface area contributed by atoms with E-state index < -0.39 is 6.61 Å². The average molecular weight is 408 g/mol. The van der Waals surface area contributed by atoms with Crippen molar-refractivity contribution in [2.75, 3.05) is 26.8 Å². The molecule has 0 spiro atoms. The highest BCUT2D eigenvalue weighted by molar-refractivity contribution is 9.10. The lowest BCUT2D eigenvalue weighted by Crippen LogP contribution is -2.37. The molecule has 0 aromatic heterocycles. The predicted molar refractivity (Wildman–Crippen MR) is 94.7 cm³/mol. The van der Waals surface area contributed by atoms with Crippen molar-refractivity contribution in [3.63, 3.8) is 0 Å². The number of guanidine groups is 1. The summed E-state index contributed by atoms with van der Waals surface area (Å²) in [5.41, 5.74) is 0.615. The maximum Gasteiger partial charge on any atom is 0.387 e. The van der Waals surface area contributed by atoms with Gasteiger partial charge in [-0.1, -0.05) is 15.9 Å². The van der Waals surface area contributed by atoms with Crippen molar-refractivity contribution in [1.82, 2.24) is 10.6 Å². The molecule has 0 saturated carbocycles. The van der Waals surface area contributed by atoms with Crippen LogP contribution in [0, 0.1) is 0 Å². The van der Waals surface area contributed by atoms with Gasteiger partial charge in [-0.2, -0.15) is 8.78 Å². The van der Waals surface area contributed by atoms with Gasteiger partial charge in [0.2, 0.25) is 0 Å². The van der Waals surface area contributed by atoms with Crippen LogP contribution in [0.4, 0.5) is 8.78 Å². The highest BCUT2D eigenvalue weighted by Gasteiger charge is 2.10. The topological polar surface area (TPSA) is 54.9 Å². The molecule has 0 fully saturated rings. The van der Waals surface area contributed by atoms with Crippen LogP contribution < -0.4 is 15.4 Å². The summed E-state index contributed by atoms with van der Waals surface area (Å²) in [7, 11) is 1.66. The van der Waals surface area contributed by atoms with E-state index in [0.29, 0.717) is 18.1 Å². The molecule has 0 aliphatic heterocycles. The minimum Gasteiger partial charge on any atom is -0.434 e. The zero-order valence-corrected chi connectivity index (χ0v) is 15.5. The molecule has 1 aromatic carbocycles. The smallest absolute Gasteiger partial charge is 0.387 e. The Hall–Kier alpha value is -1.41. The van der Waals surface area contributed by atoms with Crippen LogP contribution in [0.15, 0.2) is 27.7 Å². The van der Waals surface area contributed by atoms with Crippen molar-refractivity contribution < 1.29 is 18.3 Å². The Labute approximate surface area is 150 Å². The number of nitrogens with one attached hydrogen (secondary N) is 2. The molecule has 0 amide bonds. The number of ether oxygens (including phenoxy) is 2. The van der Waals surface area contributed by atoms with Crippen LogP contribution in [0.2, 0.25) is 0 Å². The summed E-state index contributed by atoms with van der Waals surface area (Å²) in [6, 6.07) is 4.91. The second-order valence-corrected chi connectivity index (χ2v) is 5.80. The molecule has 0 radical (unpaired) electrons. The lowest BCUT2D eigenvalue weighted by atomic mass is 10.2. The van der Waals surface area contributed by atoms with Crippen molar-refractivity contribution in [1.29, 1.82) is 0 Å². The fourth-order valence-electron chi connectivity index (χ4n) is 1.98. The number of aliphatic imine (C=N–C) groups is 1. The number of nitrogens with zero attached hydrogens (tertiary/aromatic N) is 1. The van der Waals surface area contributed by atoms with Crippen molar-refractivity contribution >= 4 is 21.9 Å². The van der Waals surface area contributed by atoms with Crippen LogP contribution >= 0.6 is 15.9 Å². The summed E-state index contributed by atoms with van der Waals surface area (Å²) in [6.07, 6.45) is 1.92. The highest BCUT2D eigenvalue weighted by Crippen LogP contribution is 2.24. The highest BCUT2D eigenvalue weighted by atomic mass is 79.9. The first kappa shape index (κ1) is 20.6. The third-order valence-corrected chi connectivity index (χ3v) is 3.61. The monoisotopic (exact) mass is 407 g/mol. The molecule has 5 nitrogen and oxygen atoms in total. The molecule has 0 heterocycles. The van der Waals surface area contributed by atoms with Gasteiger partial charge >= 0.3 is 6.61 Å². The molecular weight excluding hydrogens is 384 g/mol. The maximum absolute atomic E-state index is 12.5. The number of rotatable bonds is 10. The van der Waals surface area contributed by atoms with Crippen LogP contribution in [-0.4, -0.2) is 39.4 Å². The molecule has 136 valence electrons. The van der Waals surface area contributed by atoms with Gasteiger partial charge in [-0.3, -0.25) is 4.99 Å². The quantitative estimate of drug-likeness (QED) is 0.353. The van der Waals surface area contributed by atoms with E-state index in [9.17, 15) is 8.78 Å². The SMILES string of the molecule is CCOCCCCNC(=NC)NCc1cc(Br)ccc1OC(F)F. The Kier molecular flexibility index (Phi) is 10.3. The fourth-order valence-corrected chi connectivity index (χ4v) is 2.39. The zero-order chi connectivity index (χ0) is 17.8. The minimum absolute atomic E-state index is 0.146. The molecule has 0 atom stereocenters. The fraction of sp³-hybridized carbons (Fsp3) is 0.562. The predicted octanol–water partition coefficient (Wildman–Crippen LogP) is 3.53. The molecule has 0 aliphatic carbocycles. The Bertz CT molecular complexity index is 516. The molecule has 8 heteroatoms. The molecular formula is C16H24BrF2N3O2. The van der Waals surface area contributed by atoms with E-state index in [2.05, 4.69) is 36.3 Å². The van der Waals surface area contributed by atoms with Crippen LogP contribution in [0.3, 0.4) is 0 Å². The first-order valence-electron chi connectivity index (χ1n) is 7.82. The number of benzene rings is 1. The van der Waals surface area contributed by atoms with E-state index >= 15 is 0 Å². The van der Waals surface area contributed by atoms with Crippen molar-refractivity contribution in [2.24, 2.45) is 4.99 Å². The second-order valence-electron chi connectivity index (χ2n) is 4.89. The average Bonchev–Trinajstić information content (AvgIpc) is 2.55. The van der Waals surface area contributed by atoms with E-state index in [0.717, 1.165) is 37.1 Å². The largest absolute Gasteiger partial charge is 0.434 e. The molecule has 0 bridgehead atoms. The normalized spacial score (nSPS) is 11.7. The number of unbranched alkanes of at least 4 members (excludes halogenated alkanes) is 1. The third kappa shape index (κ3) is 8.44. The molecule has 24 heavy (non-hydrogen) atoms. The third-order valence-electron chi connectivity index (χ3n) is 3.12. The van der Waals surface area contributed by atoms with Gasteiger partial charge in [0.05, 0.1) is 0 Å². The maximum atomic E-state index is 12.5. The molecule has 1 aromatic rings. The van der Waals surface area contributed by atoms with Gasteiger partial charge in [0.1, 0.15) is 5.75 Å². The van der Waals surface area contributed by atoms with Gasteiger partial charge in [-0.05, 0) is 38.0 Å².